The molecule has 2 rings (SSSR count). The molecule has 1 heterocycles. The van der Waals surface area contributed by atoms with E-state index in [9.17, 15) is 14.5 Å². The molecule has 2 aromatic rings. The zero-order chi connectivity index (χ0) is 12.4. The second-order valence-electron chi connectivity index (χ2n) is 3.59. The topological polar surface area (TPSA) is 56.0 Å². The normalized spacial score (nSPS) is 10.2. The van der Waals surface area contributed by atoms with Gasteiger partial charge in [0.1, 0.15) is 11.5 Å². The molecule has 86 valence electrons. The number of hydrogen-bond acceptors (Lipinski definition) is 3. The fraction of sp³-hybridized carbons (Fsp3) is 0.0833. The number of pyridine rings is 1. The third-order valence-corrected chi connectivity index (χ3v) is 2.43. The molecular formula is C12H9FN2O2. The maximum atomic E-state index is 12.8. The molecule has 0 aliphatic rings. The van der Waals surface area contributed by atoms with Gasteiger partial charge in [0.25, 0.3) is 5.69 Å². The van der Waals surface area contributed by atoms with Gasteiger partial charge in [-0.05, 0) is 24.6 Å². The minimum atomic E-state index is -0.477. The molecule has 0 aliphatic carbocycles. The number of aryl methyl sites for hydroxylation is 1. The molecule has 0 aliphatic heterocycles. The molecule has 0 atom stereocenters. The third kappa shape index (κ3) is 2.28. The van der Waals surface area contributed by atoms with Crippen LogP contribution in [0.4, 0.5) is 10.1 Å². The third-order valence-electron chi connectivity index (χ3n) is 2.43. The Labute approximate surface area is 96.9 Å². The molecule has 17 heavy (non-hydrogen) atoms. The fourth-order valence-electron chi connectivity index (χ4n) is 1.51. The first-order valence-electron chi connectivity index (χ1n) is 4.95. The maximum absolute atomic E-state index is 12.8. The van der Waals surface area contributed by atoms with Crippen LogP contribution in [0.1, 0.15) is 5.69 Å². The summed E-state index contributed by atoms with van der Waals surface area (Å²) in [6.07, 6.45) is 1.54. The summed E-state index contributed by atoms with van der Waals surface area (Å²) in [5.74, 6) is -0.344. The highest BCUT2D eigenvalue weighted by Gasteiger charge is 2.13. The highest BCUT2D eigenvalue weighted by atomic mass is 19.1. The van der Waals surface area contributed by atoms with Crippen molar-refractivity contribution in [2.24, 2.45) is 0 Å². The van der Waals surface area contributed by atoms with Gasteiger partial charge in [-0.15, -0.1) is 0 Å². The molecule has 0 bridgehead atoms. The average Bonchev–Trinajstić information content (AvgIpc) is 2.30. The lowest BCUT2D eigenvalue weighted by Crippen LogP contribution is -1.94. The Bertz CT molecular complexity index is 567. The summed E-state index contributed by atoms with van der Waals surface area (Å²) in [4.78, 5) is 14.3. The number of rotatable bonds is 2. The summed E-state index contributed by atoms with van der Waals surface area (Å²) in [5.41, 5.74) is 1.62. The van der Waals surface area contributed by atoms with Crippen molar-refractivity contribution in [3.63, 3.8) is 0 Å². The molecule has 0 radical (unpaired) electrons. The standard InChI is InChI=1S/C12H9FN2O2/c1-8-12(15(16)17)6-10(7-14-8)9-2-4-11(13)5-3-9/h2-7H,1H3. The lowest BCUT2D eigenvalue weighted by Gasteiger charge is -2.02. The van der Waals surface area contributed by atoms with E-state index in [1.807, 2.05) is 0 Å². The van der Waals surface area contributed by atoms with Crippen LogP contribution in [0.5, 0.6) is 0 Å². The van der Waals surface area contributed by atoms with E-state index in [2.05, 4.69) is 4.98 Å². The van der Waals surface area contributed by atoms with Crippen molar-refractivity contribution in [2.75, 3.05) is 0 Å². The Hall–Kier alpha value is -2.30. The Morgan fingerprint density at radius 1 is 1.24 bits per heavy atom. The second kappa shape index (κ2) is 4.29. The van der Waals surface area contributed by atoms with Gasteiger partial charge in [-0.25, -0.2) is 4.39 Å². The first-order valence-corrected chi connectivity index (χ1v) is 4.95. The van der Waals surface area contributed by atoms with Gasteiger partial charge in [0.15, 0.2) is 0 Å². The average molecular weight is 232 g/mol. The first-order chi connectivity index (χ1) is 8.08. The lowest BCUT2D eigenvalue weighted by atomic mass is 10.1. The van der Waals surface area contributed by atoms with Crippen LogP contribution in [0.2, 0.25) is 0 Å². The maximum Gasteiger partial charge on any atom is 0.291 e. The van der Waals surface area contributed by atoms with E-state index >= 15 is 0 Å². The van der Waals surface area contributed by atoms with Crippen molar-refractivity contribution >= 4 is 5.69 Å². The second-order valence-corrected chi connectivity index (χ2v) is 3.59. The van der Waals surface area contributed by atoms with Crippen LogP contribution in [0, 0.1) is 22.9 Å². The van der Waals surface area contributed by atoms with E-state index in [1.165, 1.54) is 24.4 Å². The van der Waals surface area contributed by atoms with E-state index in [0.29, 0.717) is 16.8 Å². The number of nitrogens with zero attached hydrogens (tertiary/aromatic N) is 2. The van der Waals surface area contributed by atoms with E-state index in [0.717, 1.165) is 0 Å². The number of aromatic nitrogens is 1. The van der Waals surface area contributed by atoms with Crippen LogP contribution in [0.15, 0.2) is 36.5 Å². The van der Waals surface area contributed by atoms with Gasteiger partial charge in [-0.3, -0.25) is 15.1 Å². The predicted octanol–water partition coefficient (Wildman–Crippen LogP) is 3.10. The molecule has 0 saturated carbocycles. The molecular weight excluding hydrogens is 223 g/mol. The van der Waals surface area contributed by atoms with Gasteiger partial charge < -0.3 is 0 Å². The Balaban J connectivity index is 2.50. The van der Waals surface area contributed by atoms with Crippen LogP contribution >= 0.6 is 0 Å². The molecule has 0 fully saturated rings. The lowest BCUT2D eigenvalue weighted by molar-refractivity contribution is -0.385. The van der Waals surface area contributed by atoms with E-state index in [1.54, 1.807) is 19.1 Å². The molecule has 0 spiro atoms. The highest BCUT2D eigenvalue weighted by molar-refractivity contribution is 5.65. The van der Waals surface area contributed by atoms with E-state index < -0.39 is 4.92 Å². The number of hydrogen-bond donors (Lipinski definition) is 0. The fourth-order valence-corrected chi connectivity index (χ4v) is 1.51. The van der Waals surface area contributed by atoms with Crippen LogP contribution in [-0.2, 0) is 0 Å². The summed E-state index contributed by atoms with van der Waals surface area (Å²) >= 11 is 0. The minimum Gasteiger partial charge on any atom is -0.258 e. The van der Waals surface area contributed by atoms with Crippen molar-refractivity contribution < 1.29 is 9.31 Å². The number of nitro groups is 1. The highest BCUT2D eigenvalue weighted by Crippen LogP contribution is 2.24. The quantitative estimate of drug-likeness (QED) is 0.590. The van der Waals surface area contributed by atoms with Crippen molar-refractivity contribution in [2.45, 2.75) is 6.92 Å². The first kappa shape index (κ1) is 11.2. The summed E-state index contributed by atoms with van der Waals surface area (Å²) in [7, 11) is 0. The molecule has 5 heteroatoms. The molecule has 1 aromatic heterocycles. The summed E-state index contributed by atoms with van der Waals surface area (Å²) in [6.45, 7) is 1.58. The molecule has 0 amide bonds. The van der Waals surface area contributed by atoms with Crippen molar-refractivity contribution in [3.05, 3.63) is 58.2 Å². The molecule has 0 N–H and O–H groups in total. The van der Waals surface area contributed by atoms with Gasteiger partial charge in [0, 0.05) is 17.8 Å². The molecule has 1 aromatic carbocycles. The van der Waals surface area contributed by atoms with Gasteiger partial charge in [0.2, 0.25) is 0 Å². The van der Waals surface area contributed by atoms with Gasteiger partial charge in [0.05, 0.1) is 4.92 Å². The van der Waals surface area contributed by atoms with Gasteiger partial charge in [-0.1, -0.05) is 12.1 Å². The summed E-state index contributed by atoms with van der Waals surface area (Å²) in [5, 5.41) is 10.8. The van der Waals surface area contributed by atoms with E-state index in [4.69, 9.17) is 0 Å². The zero-order valence-electron chi connectivity index (χ0n) is 9.05. The van der Waals surface area contributed by atoms with Crippen molar-refractivity contribution in [3.8, 4) is 11.1 Å². The van der Waals surface area contributed by atoms with Gasteiger partial charge >= 0.3 is 0 Å². The van der Waals surface area contributed by atoms with E-state index in [-0.39, 0.29) is 11.5 Å². The summed E-state index contributed by atoms with van der Waals surface area (Å²) in [6, 6.07) is 7.18. The van der Waals surface area contributed by atoms with Crippen LogP contribution < -0.4 is 0 Å². The Morgan fingerprint density at radius 3 is 2.47 bits per heavy atom. The predicted molar refractivity (Wildman–Crippen MR) is 61.0 cm³/mol. The molecule has 0 unspecified atom stereocenters. The number of halogens is 1. The zero-order valence-corrected chi connectivity index (χ0v) is 9.05. The van der Waals surface area contributed by atoms with Crippen molar-refractivity contribution in [1.82, 2.24) is 4.98 Å². The Morgan fingerprint density at radius 2 is 1.88 bits per heavy atom. The Kier molecular flexibility index (Phi) is 2.82. The minimum absolute atomic E-state index is 0.0353. The summed E-state index contributed by atoms with van der Waals surface area (Å²) < 4.78 is 12.8. The van der Waals surface area contributed by atoms with Crippen LogP contribution in [0.25, 0.3) is 11.1 Å². The number of benzene rings is 1. The largest absolute Gasteiger partial charge is 0.291 e. The monoisotopic (exact) mass is 232 g/mol. The van der Waals surface area contributed by atoms with Crippen molar-refractivity contribution in [1.29, 1.82) is 0 Å². The smallest absolute Gasteiger partial charge is 0.258 e. The van der Waals surface area contributed by atoms with Crippen LogP contribution in [0.3, 0.4) is 0 Å². The van der Waals surface area contributed by atoms with Crippen LogP contribution in [-0.4, -0.2) is 9.91 Å². The van der Waals surface area contributed by atoms with Gasteiger partial charge in [-0.2, -0.15) is 0 Å². The molecule has 4 nitrogen and oxygen atoms in total. The SMILES string of the molecule is Cc1ncc(-c2ccc(F)cc2)cc1[N+](=O)[O-]. The molecule has 0 saturated heterocycles.